The number of imide groups is 2. The summed E-state index contributed by atoms with van der Waals surface area (Å²) in [6.45, 7) is 18.9. The van der Waals surface area contributed by atoms with E-state index in [0.29, 0.717) is 10.5 Å². The van der Waals surface area contributed by atoms with Crippen molar-refractivity contribution in [2.45, 2.75) is 88.5 Å². The third-order valence-corrected chi connectivity index (χ3v) is 4.38. The first-order chi connectivity index (χ1) is 16.0. The Morgan fingerprint density at radius 1 is 0.722 bits per heavy atom. The van der Waals surface area contributed by atoms with Gasteiger partial charge in [0.25, 0.3) is 23.6 Å². The lowest BCUT2D eigenvalue weighted by atomic mass is 9.89. The molecule has 0 unspecified atom stereocenters. The number of amides is 4. The maximum absolute atomic E-state index is 11.5. The number of carbonyl (C=O) groups excluding carboxylic acids is 7. The highest BCUT2D eigenvalue weighted by atomic mass is 16.7. The summed E-state index contributed by atoms with van der Waals surface area (Å²) in [5.74, 6) is -3.23. The second-order valence-electron chi connectivity index (χ2n) is 12.2. The molecule has 0 N–H and O–H groups in total. The molecule has 10 heteroatoms. The Morgan fingerprint density at radius 2 is 1.08 bits per heavy atom. The van der Waals surface area contributed by atoms with Gasteiger partial charge in [-0.1, -0.05) is 69.2 Å². The number of ketones is 2. The summed E-state index contributed by atoms with van der Waals surface area (Å²) in [6, 6.07) is 0. The van der Waals surface area contributed by atoms with E-state index in [0.717, 1.165) is 4.90 Å². The fourth-order valence-corrected chi connectivity index (χ4v) is 2.16. The molecule has 2 aliphatic rings. The molecule has 0 atom stereocenters. The van der Waals surface area contributed by atoms with E-state index in [1.54, 1.807) is 41.5 Å². The van der Waals surface area contributed by atoms with Crippen LogP contribution in [0.3, 0.4) is 0 Å². The summed E-state index contributed by atoms with van der Waals surface area (Å²) in [5, 5.41) is 0.443. The molecule has 202 valence electrons. The largest absolute Gasteiger partial charge is 0.340 e. The van der Waals surface area contributed by atoms with Gasteiger partial charge in [-0.3, -0.25) is 33.7 Å². The van der Waals surface area contributed by atoms with Gasteiger partial charge in [-0.2, -0.15) is 0 Å². The van der Waals surface area contributed by atoms with Crippen molar-refractivity contribution in [3.05, 3.63) is 12.2 Å². The zero-order valence-corrected chi connectivity index (χ0v) is 23.1. The Bertz CT molecular complexity index is 887. The number of rotatable bonds is 5. The Hall–Kier alpha value is -3.17. The molecule has 2 aliphatic heterocycles. The highest BCUT2D eigenvalue weighted by molar-refractivity contribution is 6.14. The van der Waals surface area contributed by atoms with Gasteiger partial charge in [-0.05, 0) is 5.41 Å². The van der Waals surface area contributed by atoms with Crippen molar-refractivity contribution in [3.8, 4) is 0 Å². The fourth-order valence-electron chi connectivity index (χ4n) is 2.16. The summed E-state index contributed by atoms with van der Waals surface area (Å²) in [7, 11) is 0. The van der Waals surface area contributed by atoms with E-state index in [-0.39, 0.29) is 31.0 Å². The normalized spacial score (nSPS) is 15.8. The predicted octanol–water partition coefficient (Wildman–Crippen LogP) is 3.18. The average molecular weight is 509 g/mol. The molecule has 1 saturated heterocycles. The lowest BCUT2D eigenvalue weighted by Gasteiger charge is -2.20. The van der Waals surface area contributed by atoms with Crippen molar-refractivity contribution < 1.29 is 38.4 Å². The van der Waals surface area contributed by atoms with Crippen molar-refractivity contribution in [1.82, 2.24) is 9.96 Å². The standard InChI is InChI=1S/C11H15NO5.C10H13NO3.C5H12/c1-11(2,3)7(13)6-10(16)17-12-8(14)4-5-9(12)15;1-10(2,3)7(12)6-11-8(13)4-5-9(11)14;1-5(2,3)4/h4-6H2,1-3H3;4-5H,6H2,1-3H3;1-4H3. The summed E-state index contributed by atoms with van der Waals surface area (Å²) < 4.78 is 0. The van der Waals surface area contributed by atoms with E-state index in [2.05, 4.69) is 32.5 Å². The van der Waals surface area contributed by atoms with Crippen molar-refractivity contribution >= 4 is 41.2 Å². The van der Waals surface area contributed by atoms with Gasteiger partial charge >= 0.3 is 5.97 Å². The summed E-state index contributed by atoms with van der Waals surface area (Å²) in [6.07, 6.45) is 2.00. The summed E-state index contributed by atoms with van der Waals surface area (Å²) >= 11 is 0. The molecule has 0 aromatic rings. The van der Waals surface area contributed by atoms with Gasteiger partial charge in [-0.25, -0.2) is 4.79 Å². The van der Waals surface area contributed by atoms with E-state index < -0.39 is 46.8 Å². The van der Waals surface area contributed by atoms with E-state index in [4.69, 9.17) is 0 Å². The zero-order chi connectivity index (χ0) is 28.6. The number of hydrogen-bond donors (Lipinski definition) is 0. The summed E-state index contributed by atoms with van der Waals surface area (Å²) in [5.41, 5.74) is -0.679. The maximum atomic E-state index is 11.5. The van der Waals surface area contributed by atoms with Crippen LogP contribution in [0.2, 0.25) is 0 Å². The maximum Gasteiger partial charge on any atom is 0.340 e. The lowest BCUT2D eigenvalue weighted by molar-refractivity contribution is -0.197. The van der Waals surface area contributed by atoms with Crippen LogP contribution in [0.15, 0.2) is 12.2 Å². The average Bonchev–Trinajstić information content (AvgIpc) is 3.16. The smallest absolute Gasteiger partial charge is 0.330 e. The molecule has 1 fully saturated rings. The molecular formula is C26H40N2O8. The molecule has 0 radical (unpaired) electrons. The first-order valence-electron chi connectivity index (χ1n) is 11.7. The van der Waals surface area contributed by atoms with Crippen LogP contribution in [0.1, 0.15) is 88.5 Å². The molecule has 0 aliphatic carbocycles. The lowest BCUT2D eigenvalue weighted by Crippen LogP contribution is -2.39. The van der Waals surface area contributed by atoms with Gasteiger partial charge < -0.3 is 4.84 Å². The Balaban J connectivity index is 0.000000581. The topological polar surface area (TPSA) is 135 Å². The summed E-state index contributed by atoms with van der Waals surface area (Å²) in [4.78, 5) is 84.5. The van der Waals surface area contributed by atoms with Gasteiger partial charge in [0.2, 0.25) is 0 Å². The Labute approximate surface area is 213 Å². The second kappa shape index (κ2) is 12.7. The minimum atomic E-state index is -0.881. The number of hydrogen-bond acceptors (Lipinski definition) is 8. The highest BCUT2D eigenvalue weighted by Gasteiger charge is 2.34. The van der Waals surface area contributed by atoms with Crippen molar-refractivity contribution in [3.63, 3.8) is 0 Å². The molecule has 0 aromatic heterocycles. The van der Waals surface area contributed by atoms with Gasteiger partial charge in [0, 0.05) is 35.8 Å². The first kappa shape index (κ1) is 32.8. The molecule has 0 bridgehead atoms. The van der Waals surface area contributed by atoms with Crippen LogP contribution < -0.4 is 0 Å². The van der Waals surface area contributed by atoms with E-state index in [9.17, 15) is 33.6 Å². The number of carbonyl (C=O) groups is 7. The van der Waals surface area contributed by atoms with Crippen molar-refractivity contribution in [1.29, 1.82) is 0 Å². The minimum absolute atomic E-state index is 0.0410. The molecule has 2 rings (SSSR count). The van der Waals surface area contributed by atoms with Gasteiger partial charge in [0.1, 0.15) is 12.2 Å². The fraction of sp³-hybridized carbons (Fsp3) is 0.654. The monoisotopic (exact) mass is 508 g/mol. The molecule has 2 heterocycles. The second-order valence-corrected chi connectivity index (χ2v) is 12.2. The Kier molecular flexibility index (Phi) is 11.6. The van der Waals surface area contributed by atoms with E-state index >= 15 is 0 Å². The van der Waals surface area contributed by atoms with Crippen LogP contribution in [0, 0.1) is 16.2 Å². The van der Waals surface area contributed by atoms with Crippen LogP contribution in [0.25, 0.3) is 0 Å². The van der Waals surface area contributed by atoms with Crippen LogP contribution in [-0.2, 0) is 38.4 Å². The third-order valence-electron chi connectivity index (χ3n) is 4.38. The van der Waals surface area contributed by atoms with Crippen LogP contribution in [0.4, 0.5) is 0 Å². The number of hydroxylamine groups is 2. The molecule has 36 heavy (non-hydrogen) atoms. The van der Waals surface area contributed by atoms with Gasteiger partial charge in [0.15, 0.2) is 5.78 Å². The van der Waals surface area contributed by atoms with Crippen LogP contribution >= 0.6 is 0 Å². The zero-order valence-electron chi connectivity index (χ0n) is 23.1. The molecule has 0 spiro atoms. The molecule has 0 saturated carbocycles. The van der Waals surface area contributed by atoms with Crippen molar-refractivity contribution in [2.75, 3.05) is 6.54 Å². The predicted molar refractivity (Wildman–Crippen MR) is 132 cm³/mol. The van der Waals surface area contributed by atoms with Crippen LogP contribution in [-0.4, -0.2) is 57.7 Å². The molecule has 4 amide bonds. The van der Waals surface area contributed by atoms with E-state index in [1.807, 2.05) is 0 Å². The quantitative estimate of drug-likeness (QED) is 0.408. The highest BCUT2D eigenvalue weighted by Crippen LogP contribution is 2.19. The minimum Gasteiger partial charge on any atom is -0.330 e. The number of Topliss-reactive ketones (excluding diaryl/α,β-unsaturated/α-hetero) is 2. The van der Waals surface area contributed by atoms with Gasteiger partial charge in [0.05, 0.1) is 6.54 Å². The first-order valence-corrected chi connectivity index (χ1v) is 11.7. The van der Waals surface area contributed by atoms with Crippen LogP contribution in [0.5, 0.6) is 0 Å². The number of nitrogens with zero attached hydrogens (tertiary/aromatic N) is 2. The Morgan fingerprint density at radius 3 is 1.42 bits per heavy atom. The SMILES string of the molecule is CC(C)(C)C.CC(C)(C)C(=O)CC(=O)ON1C(=O)CCC1=O.CC(C)(C)C(=O)CN1C(=O)C=CC1=O. The molecule has 10 nitrogen and oxygen atoms in total. The molecular weight excluding hydrogens is 468 g/mol. The molecule has 0 aromatic carbocycles. The van der Waals surface area contributed by atoms with Crippen molar-refractivity contribution in [2.24, 2.45) is 16.2 Å². The van der Waals surface area contributed by atoms with E-state index in [1.165, 1.54) is 12.2 Å². The third kappa shape index (κ3) is 12.5. The van der Waals surface area contributed by atoms with Gasteiger partial charge in [-0.15, -0.1) is 5.06 Å².